The Balaban J connectivity index is 0.00000242. The van der Waals surface area contributed by atoms with Gasteiger partial charge in [-0.25, -0.2) is 0 Å². The molecule has 0 fully saturated rings. The van der Waals surface area contributed by atoms with Crippen LogP contribution in [0.15, 0.2) is 36.4 Å². The van der Waals surface area contributed by atoms with Crippen molar-refractivity contribution in [3.05, 3.63) is 42.0 Å². The van der Waals surface area contributed by atoms with Gasteiger partial charge in [0, 0.05) is 12.5 Å². The summed E-state index contributed by atoms with van der Waals surface area (Å²) in [6.45, 7) is 0.331. The zero-order valence-electron chi connectivity index (χ0n) is 12.5. The Morgan fingerprint density at radius 1 is 1.23 bits per heavy atom. The van der Waals surface area contributed by atoms with Crippen LogP contribution in [0.4, 0.5) is 0 Å². The maximum atomic E-state index is 11.2. The van der Waals surface area contributed by atoms with E-state index in [0.717, 1.165) is 28.3 Å². The second-order valence-electron chi connectivity index (χ2n) is 4.86. The predicted molar refractivity (Wildman–Crippen MR) is 90.3 cm³/mol. The Kier molecular flexibility index (Phi) is 6.62. The minimum absolute atomic E-state index is 0. The Morgan fingerprint density at radius 3 is 2.55 bits per heavy atom. The van der Waals surface area contributed by atoms with Crippen LogP contribution in [-0.4, -0.2) is 34.9 Å². The van der Waals surface area contributed by atoms with Crippen molar-refractivity contribution in [1.82, 2.24) is 0 Å². The minimum atomic E-state index is -3.48. The molecule has 2 aromatic carbocycles. The lowest BCUT2D eigenvalue weighted by Crippen LogP contribution is -2.20. The van der Waals surface area contributed by atoms with Gasteiger partial charge in [-0.2, -0.15) is 8.42 Å². The van der Waals surface area contributed by atoms with Crippen molar-refractivity contribution in [3.63, 3.8) is 0 Å². The molecule has 2 N–H and O–H groups in total. The molecule has 7 heteroatoms. The molecule has 22 heavy (non-hydrogen) atoms. The first kappa shape index (κ1) is 18.7. The molecule has 2 rings (SSSR count). The molecule has 0 heterocycles. The molecule has 0 aromatic heterocycles. The van der Waals surface area contributed by atoms with Gasteiger partial charge in [0.25, 0.3) is 10.1 Å². The summed E-state index contributed by atoms with van der Waals surface area (Å²) in [5, 5.41) is 2.04. The Bertz CT molecular complexity index is 733. The van der Waals surface area contributed by atoms with Gasteiger partial charge in [-0.05, 0) is 28.5 Å². The molecule has 1 unspecified atom stereocenters. The van der Waals surface area contributed by atoms with E-state index in [2.05, 4.69) is 0 Å². The van der Waals surface area contributed by atoms with Crippen LogP contribution in [-0.2, 0) is 14.3 Å². The molecule has 0 spiro atoms. The highest BCUT2D eigenvalue weighted by Crippen LogP contribution is 2.29. The topological polar surface area (TPSA) is 78.6 Å². The van der Waals surface area contributed by atoms with Gasteiger partial charge in [-0.3, -0.25) is 4.18 Å². The fourth-order valence-electron chi connectivity index (χ4n) is 2.25. The zero-order chi connectivity index (χ0) is 15.5. The van der Waals surface area contributed by atoms with Crippen LogP contribution < -0.4 is 10.5 Å². The van der Waals surface area contributed by atoms with Crippen LogP contribution in [0.5, 0.6) is 5.75 Å². The molecular formula is C15H20ClNO4S. The summed E-state index contributed by atoms with van der Waals surface area (Å²) in [6.07, 6.45) is 1.03. The van der Waals surface area contributed by atoms with E-state index in [0.29, 0.717) is 6.54 Å². The lowest BCUT2D eigenvalue weighted by atomic mass is 9.94. The zero-order valence-corrected chi connectivity index (χ0v) is 14.1. The molecule has 0 saturated heterocycles. The highest BCUT2D eigenvalue weighted by molar-refractivity contribution is 7.85. The van der Waals surface area contributed by atoms with E-state index in [9.17, 15) is 8.42 Å². The van der Waals surface area contributed by atoms with Gasteiger partial charge < -0.3 is 10.5 Å². The van der Waals surface area contributed by atoms with Gasteiger partial charge in [0.15, 0.2) is 0 Å². The number of nitrogens with two attached hydrogens (primary N) is 1. The maximum absolute atomic E-state index is 11.2. The molecule has 1 atom stereocenters. The van der Waals surface area contributed by atoms with E-state index < -0.39 is 10.1 Å². The van der Waals surface area contributed by atoms with E-state index in [1.165, 1.54) is 0 Å². The second kappa shape index (κ2) is 7.78. The molecule has 0 amide bonds. The van der Waals surface area contributed by atoms with E-state index in [4.69, 9.17) is 14.7 Å². The average Bonchev–Trinajstić information content (AvgIpc) is 2.46. The lowest BCUT2D eigenvalue weighted by molar-refractivity contribution is 0.297. The molecule has 2 aromatic rings. The quantitative estimate of drug-likeness (QED) is 0.813. The summed E-state index contributed by atoms with van der Waals surface area (Å²) in [5.41, 5.74) is 6.75. The largest absolute Gasteiger partial charge is 0.497 e. The first-order chi connectivity index (χ1) is 9.94. The van der Waals surface area contributed by atoms with Crippen molar-refractivity contribution in [2.75, 3.05) is 26.5 Å². The predicted octanol–water partition coefficient (Wildman–Crippen LogP) is 2.29. The van der Waals surface area contributed by atoms with Gasteiger partial charge in [0.1, 0.15) is 5.75 Å². The summed E-state index contributed by atoms with van der Waals surface area (Å²) < 4.78 is 32.5. The standard InChI is InChI=1S/C15H19NO4S.ClH/c1-19-13-7-6-11-4-3-5-14(15(11)8-13)12(9-16)10-20-21(2,17)18;/h3-8,12H,9-10,16H2,1-2H3;1H. The Hall–Kier alpha value is -1.34. The van der Waals surface area contributed by atoms with Crippen molar-refractivity contribution >= 4 is 33.3 Å². The van der Waals surface area contributed by atoms with Gasteiger partial charge in [-0.15, -0.1) is 12.4 Å². The number of rotatable bonds is 6. The number of hydrogen-bond donors (Lipinski definition) is 1. The van der Waals surface area contributed by atoms with E-state index in [1.54, 1.807) is 7.11 Å². The molecule has 122 valence electrons. The van der Waals surface area contributed by atoms with Gasteiger partial charge in [0.2, 0.25) is 0 Å². The van der Waals surface area contributed by atoms with Crippen LogP contribution in [0.3, 0.4) is 0 Å². The summed E-state index contributed by atoms with van der Waals surface area (Å²) in [4.78, 5) is 0. The monoisotopic (exact) mass is 345 g/mol. The number of halogens is 1. The second-order valence-corrected chi connectivity index (χ2v) is 6.50. The van der Waals surface area contributed by atoms with Crippen LogP contribution in [0.2, 0.25) is 0 Å². The highest BCUT2D eigenvalue weighted by atomic mass is 35.5. The van der Waals surface area contributed by atoms with Crippen molar-refractivity contribution in [2.24, 2.45) is 5.73 Å². The van der Waals surface area contributed by atoms with Crippen molar-refractivity contribution in [1.29, 1.82) is 0 Å². The first-order valence-corrected chi connectivity index (χ1v) is 8.37. The highest BCUT2D eigenvalue weighted by Gasteiger charge is 2.16. The number of fused-ring (bicyclic) bond motifs is 1. The number of hydrogen-bond acceptors (Lipinski definition) is 5. The third-order valence-corrected chi connectivity index (χ3v) is 3.89. The summed E-state index contributed by atoms with van der Waals surface area (Å²) in [7, 11) is -1.88. The van der Waals surface area contributed by atoms with Crippen LogP contribution in [0, 0.1) is 0 Å². The Morgan fingerprint density at radius 2 is 1.95 bits per heavy atom. The first-order valence-electron chi connectivity index (χ1n) is 6.55. The van der Waals surface area contributed by atoms with Crippen LogP contribution in [0.1, 0.15) is 11.5 Å². The Labute approximate surface area is 136 Å². The molecular weight excluding hydrogens is 326 g/mol. The van der Waals surface area contributed by atoms with Gasteiger partial charge >= 0.3 is 0 Å². The lowest BCUT2D eigenvalue weighted by Gasteiger charge is -2.17. The average molecular weight is 346 g/mol. The molecule has 5 nitrogen and oxygen atoms in total. The van der Waals surface area contributed by atoms with Crippen molar-refractivity contribution in [2.45, 2.75) is 5.92 Å². The van der Waals surface area contributed by atoms with Gasteiger partial charge in [0.05, 0.1) is 20.0 Å². The normalized spacial score (nSPS) is 12.7. The molecule has 0 aliphatic rings. The fraction of sp³-hybridized carbons (Fsp3) is 0.333. The molecule has 0 aliphatic carbocycles. The number of ether oxygens (including phenoxy) is 1. The maximum Gasteiger partial charge on any atom is 0.264 e. The molecule has 0 aliphatic heterocycles. The molecule has 0 saturated carbocycles. The third-order valence-electron chi connectivity index (χ3n) is 3.33. The SMILES string of the molecule is COc1ccc2cccc(C(CN)COS(C)(=O)=O)c2c1.Cl. The van der Waals surface area contributed by atoms with Crippen LogP contribution >= 0.6 is 12.4 Å². The third kappa shape index (κ3) is 4.58. The van der Waals surface area contributed by atoms with Crippen molar-refractivity contribution in [3.8, 4) is 5.75 Å². The summed E-state index contributed by atoms with van der Waals surface area (Å²) in [5.74, 6) is 0.547. The van der Waals surface area contributed by atoms with Gasteiger partial charge in [-0.1, -0.05) is 24.3 Å². The minimum Gasteiger partial charge on any atom is -0.497 e. The fourth-order valence-corrected chi connectivity index (χ4v) is 2.66. The number of benzene rings is 2. The summed E-state index contributed by atoms with van der Waals surface area (Å²) in [6, 6.07) is 11.6. The van der Waals surface area contributed by atoms with E-state index in [1.807, 2.05) is 36.4 Å². The van der Waals surface area contributed by atoms with Crippen LogP contribution in [0.25, 0.3) is 10.8 Å². The summed E-state index contributed by atoms with van der Waals surface area (Å²) >= 11 is 0. The smallest absolute Gasteiger partial charge is 0.264 e. The van der Waals surface area contributed by atoms with E-state index >= 15 is 0 Å². The molecule has 0 radical (unpaired) electrons. The number of methoxy groups -OCH3 is 1. The van der Waals surface area contributed by atoms with Crippen molar-refractivity contribution < 1.29 is 17.3 Å². The van der Waals surface area contributed by atoms with E-state index in [-0.39, 0.29) is 24.9 Å². The molecule has 0 bridgehead atoms.